The van der Waals surface area contributed by atoms with Gasteiger partial charge in [0.15, 0.2) is 0 Å². The van der Waals surface area contributed by atoms with E-state index in [1.165, 1.54) is 0 Å². The largest absolute Gasteiger partial charge is 1.00 e. The summed E-state index contributed by atoms with van der Waals surface area (Å²) in [5.74, 6) is -1.49. The van der Waals surface area contributed by atoms with Crippen LogP contribution in [0, 0.1) is 5.92 Å². The predicted molar refractivity (Wildman–Crippen MR) is 34.4 cm³/mol. The van der Waals surface area contributed by atoms with Crippen molar-refractivity contribution in [3.63, 3.8) is 0 Å². The van der Waals surface area contributed by atoms with Gasteiger partial charge in [0.05, 0.1) is 12.2 Å². The van der Waals surface area contributed by atoms with Gasteiger partial charge in [-0.05, 0) is 25.2 Å². The van der Waals surface area contributed by atoms with Crippen LogP contribution in [0.3, 0.4) is 0 Å². The van der Waals surface area contributed by atoms with Crippen molar-refractivity contribution in [2.75, 3.05) is 0 Å². The van der Waals surface area contributed by atoms with Gasteiger partial charge in [0.25, 0.3) is 0 Å². The number of hydrogen-bond donors (Lipinski definition) is 2. The Morgan fingerprint density at radius 2 is 2.00 bits per heavy atom. The van der Waals surface area contributed by atoms with Crippen molar-refractivity contribution in [2.45, 2.75) is 31.5 Å². The third-order valence-corrected chi connectivity index (χ3v) is 2.14. The van der Waals surface area contributed by atoms with Gasteiger partial charge in [-0.25, -0.2) is 0 Å². The average molecular weight is 166 g/mol. The van der Waals surface area contributed by atoms with Crippen LogP contribution in [0.2, 0.25) is 0 Å². The van der Waals surface area contributed by atoms with Crippen LogP contribution in [-0.4, -0.2) is 28.4 Å². The molecule has 1 rings (SSSR count). The second-order valence-electron chi connectivity index (χ2n) is 2.97. The maximum absolute atomic E-state index is 10.1. The zero-order chi connectivity index (χ0) is 8.43. The summed E-state index contributed by atoms with van der Waals surface area (Å²) >= 11 is 0. The van der Waals surface area contributed by atoms with E-state index in [1.54, 1.807) is 0 Å². The Balaban J connectivity index is 0.00000121. The number of aliphatic hydroxyl groups is 2. The Labute approximate surface area is 82.8 Å². The van der Waals surface area contributed by atoms with Gasteiger partial charge in [0.1, 0.15) is 0 Å². The monoisotopic (exact) mass is 166 g/mol. The van der Waals surface area contributed by atoms with E-state index in [0.717, 1.165) is 0 Å². The Hall–Kier alpha value is -0.0126. The number of carbonyl (C=O) groups is 1. The number of carboxylic acids is 1. The maximum atomic E-state index is 10.1. The van der Waals surface area contributed by atoms with E-state index in [1.807, 2.05) is 0 Å². The predicted octanol–water partition coefficient (Wildman–Crippen LogP) is -4.74. The number of rotatable bonds is 2. The average Bonchev–Trinajstić information content (AvgIpc) is 2.18. The van der Waals surface area contributed by atoms with Crippen molar-refractivity contribution in [1.29, 1.82) is 0 Å². The third-order valence-electron chi connectivity index (χ3n) is 2.14. The molecule has 3 unspecified atom stereocenters. The molecule has 0 saturated heterocycles. The smallest absolute Gasteiger partial charge is 0.550 e. The first kappa shape index (κ1) is 12.0. The van der Waals surface area contributed by atoms with Gasteiger partial charge in [-0.15, -0.1) is 0 Å². The SMILES string of the molecule is O=C([O-])CC1CCC(O)C1O.[Li+]. The Morgan fingerprint density at radius 3 is 2.33 bits per heavy atom. The molecule has 4 nitrogen and oxygen atoms in total. The first-order valence-electron chi connectivity index (χ1n) is 3.67. The van der Waals surface area contributed by atoms with Crippen LogP contribution in [0.1, 0.15) is 19.3 Å². The summed E-state index contributed by atoms with van der Waals surface area (Å²) in [6.07, 6.45) is -0.736. The molecule has 3 atom stereocenters. The molecule has 1 aliphatic carbocycles. The van der Waals surface area contributed by atoms with Gasteiger partial charge < -0.3 is 20.1 Å². The van der Waals surface area contributed by atoms with E-state index in [4.69, 9.17) is 10.2 Å². The fraction of sp³-hybridized carbons (Fsp3) is 0.857. The normalized spacial score (nSPS) is 34.3. The number of hydrogen-bond acceptors (Lipinski definition) is 4. The van der Waals surface area contributed by atoms with Crippen LogP contribution >= 0.6 is 0 Å². The second-order valence-corrected chi connectivity index (χ2v) is 2.97. The fourth-order valence-corrected chi connectivity index (χ4v) is 1.48. The van der Waals surface area contributed by atoms with Crippen molar-refractivity contribution in [2.24, 2.45) is 5.92 Å². The molecule has 0 aromatic rings. The standard InChI is InChI=1S/C7H12O4.Li/c8-5-2-1-4(7(5)11)3-6(9)10;/h4-5,7-8,11H,1-3H2,(H,9,10);/q;+1/p-1. The molecule has 0 radical (unpaired) electrons. The van der Waals surface area contributed by atoms with Crippen molar-refractivity contribution >= 4 is 5.97 Å². The minimum absolute atomic E-state index is 0. The Kier molecular flexibility index (Phi) is 4.87. The molecule has 12 heavy (non-hydrogen) atoms. The van der Waals surface area contributed by atoms with Crippen LogP contribution in [0.5, 0.6) is 0 Å². The summed E-state index contributed by atoms with van der Waals surface area (Å²) in [5.41, 5.74) is 0. The van der Waals surface area contributed by atoms with Crippen LogP contribution in [-0.2, 0) is 4.79 Å². The van der Waals surface area contributed by atoms with Crippen molar-refractivity contribution < 1.29 is 39.0 Å². The summed E-state index contributed by atoms with van der Waals surface area (Å²) in [6.45, 7) is 0. The van der Waals surface area contributed by atoms with E-state index >= 15 is 0 Å². The molecular formula is C7H11LiO4. The molecule has 0 aromatic heterocycles. The third kappa shape index (κ3) is 2.80. The van der Waals surface area contributed by atoms with Crippen LogP contribution in [0.15, 0.2) is 0 Å². The molecule has 0 heterocycles. The fourth-order valence-electron chi connectivity index (χ4n) is 1.48. The van der Waals surface area contributed by atoms with E-state index < -0.39 is 18.2 Å². The van der Waals surface area contributed by atoms with Crippen molar-refractivity contribution in [1.82, 2.24) is 0 Å². The zero-order valence-electron chi connectivity index (χ0n) is 7.06. The second kappa shape index (κ2) is 4.88. The summed E-state index contributed by atoms with van der Waals surface area (Å²) in [4.78, 5) is 10.1. The first-order chi connectivity index (χ1) is 5.11. The molecular weight excluding hydrogens is 155 g/mol. The molecule has 0 aliphatic heterocycles. The number of aliphatic hydroxyl groups excluding tert-OH is 2. The van der Waals surface area contributed by atoms with Crippen LogP contribution in [0.4, 0.5) is 0 Å². The quantitative estimate of drug-likeness (QED) is 0.404. The van der Waals surface area contributed by atoms with Gasteiger partial charge in [0, 0.05) is 5.97 Å². The zero-order valence-corrected chi connectivity index (χ0v) is 7.06. The first-order valence-corrected chi connectivity index (χ1v) is 3.67. The number of carboxylic acid groups (broad SMARTS) is 1. The maximum Gasteiger partial charge on any atom is 1.00 e. The van der Waals surface area contributed by atoms with E-state index in [0.29, 0.717) is 12.8 Å². The molecule has 0 spiro atoms. The molecule has 0 amide bonds. The minimum Gasteiger partial charge on any atom is -0.550 e. The summed E-state index contributed by atoms with van der Waals surface area (Å²) < 4.78 is 0. The Bertz CT molecular complexity index is 161. The molecule has 1 aliphatic rings. The van der Waals surface area contributed by atoms with Gasteiger partial charge in [-0.2, -0.15) is 0 Å². The summed E-state index contributed by atoms with van der Waals surface area (Å²) in [7, 11) is 0. The van der Waals surface area contributed by atoms with Crippen LogP contribution < -0.4 is 24.0 Å². The minimum atomic E-state index is -1.16. The van der Waals surface area contributed by atoms with Crippen LogP contribution in [0.25, 0.3) is 0 Å². The van der Waals surface area contributed by atoms with Crippen molar-refractivity contribution in [3.05, 3.63) is 0 Å². The summed E-state index contributed by atoms with van der Waals surface area (Å²) in [6, 6.07) is 0. The van der Waals surface area contributed by atoms with Gasteiger partial charge in [-0.1, -0.05) is 0 Å². The Morgan fingerprint density at radius 1 is 1.42 bits per heavy atom. The van der Waals surface area contributed by atoms with E-state index in [2.05, 4.69) is 0 Å². The molecule has 2 N–H and O–H groups in total. The number of carbonyl (C=O) groups excluding carboxylic acids is 1. The van der Waals surface area contributed by atoms with Gasteiger partial charge in [-0.3, -0.25) is 0 Å². The molecule has 64 valence electrons. The van der Waals surface area contributed by atoms with E-state index in [-0.39, 0.29) is 31.2 Å². The van der Waals surface area contributed by atoms with Gasteiger partial charge in [0.2, 0.25) is 0 Å². The molecule has 1 fully saturated rings. The summed E-state index contributed by atoms with van der Waals surface area (Å²) in [5, 5.41) is 28.3. The molecule has 0 bridgehead atoms. The molecule has 5 heteroatoms. The van der Waals surface area contributed by atoms with E-state index in [9.17, 15) is 9.90 Å². The van der Waals surface area contributed by atoms with Gasteiger partial charge >= 0.3 is 18.9 Å². The van der Waals surface area contributed by atoms with Crippen molar-refractivity contribution in [3.8, 4) is 0 Å². The molecule has 1 saturated carbocycles. The topological polar surface area (TPSA) is 80.6 Å². The number of aliphatic carboxylic acids is 1. The molecule has 0 aromatic carbocycles.